The number of nitrogens with one attached hydrogen (secondary N) is 3. The molecular weight excluding hydrogens is 550 g/mol. The summed E-state index contributed by atoms with van der Waals surface area (Å²) in [6.45, 7) is 11.5. The van der Waals surface area contributed by atoms with Gasteiger partial charge in [0.25, 0.3) is 11.5 Å². The second-order valence-electron chi connectivity index (χ2n) is 12.7. The van der Waals surface area contributed by atoms with Gasteiger partial charge in [0.1, 0.15) is 11.9 Å². The molecule has 0 saturated carbocycles. The Morgan fingerprint density at radius 1 is 1.05 bits per heavy atom. The Balaban J connectivity index is 1.32. The zero-order chi connectivity index (χ0) is 31.4. The fourth-order valence-electron chi connectivity index (χ4n) is 5.51. The molecule has 4 aromatic rings. The highest BCUT2D eigenvalue weighted by Gasteiger charge is 2.21. The highest BCUT2D eigenvalue weighted by atomic mass is 16.5. The first-order valence-corrected chi connectivity index (χ1v) is 15.4. The van der Waals surface area contributed by atoms with E-state index in [1.165, 1.54) is 23.0 Å². The maximum absolute atomic E-state index is 13.1. The average Bonchev–Trinajstić information content (AvgIpc) is 3.01. The van der Waals surface area contributed by atoms with Gasteiger partial charge in [0.15, 0.2) is 5.82 Å². The first-order chi connectivity index (χ1) is 21.0. The number of hydrogen-bond acceptors (Lipinski definition) is 6. The summed E-state index contributed by atoms with van der Waals surface area (Å²) in [6, 6.07) is 21.3. The van der Waals surface area contributed by atoms with Crippen LogP contribution in [0.3, 0.4) is 0 Å². The topological polar surface area (TPSA) is 97.3 Å². The number of rotatable bonds is 8. The minimum absolute atomic E-state index is 0.0129. The fourth-order valence-corrected chi connectivity index (χ4v) is 5.51. The molecule has 1 aliphatic rings. The number of piperidine rings is 1. The van der Waals surface area contributed by atoms with Crippen LogP contribution in [0.2, 0.25) is 0 Å². The van der Waals surface area contributed by atoms with Crippen molar-refractivity contribution in [1.29, 1.82) is 0 Å². The van der Waals surface area contributed by atoms with Crippen LogP contribution < -0.4 is 26.2 Å². The van der Waals surface area contributed by atoms with Gasteiger partial charge < -0.3 is 25.3 Å². The Morgan fingerprint density at radius 2 is 1.77 bits per heavy atom. The maximum atomic E-state index is 13.1. The lowest BCUT2D eigenvalue weighted by Gasteiger charge is -2.29. The van der Waals surface area contributed by atoms with Crippen LogP contribution in [0, 0.1) is 6.92 Å². The number of aryl methyl sites for hydroxylation is 1. The molecule has 230 valence electrons. The summed E-state index contributed by atoms with van der Waals surface area (Å²) in [5, 5.41) is 9.78. The number of carbonyl (C=O) groups excluding carboxylic acids is 1. The van der Waals surface area contributed by atoms with Crippen molar-refractivity contribution in [2.45, 2.75) is 71.4 Å². The molecule has 2 heterocycles. The van der Waals surface area contributed by atoms with Crippen molar-refractivity contribution in [2.75, 3.05) is 17.2 Å². The van der Waals surface area contributed by atoms with Crippen molar-refractivity contribution < 1.29 is 9.53 Å². The normalized spacial score (nSPS) is 15.8. The molecule has 0 radical (unpaired) electrons. The summed E-state index contributed by atoms with van der Waals surface area (Å²) in [5.41, 5.74) is 5.24. The van der Waals surface area contributed by atoms with E-state index in [2.05, 4.69) is 43.6 Å². The van der Waals surface area contributed by atoms with E-state index < -0.39 is 0 Å². The molecule has 0 bridgehead atoms. The molecule has 0 spiro atoms. The van der Waals surface area contributed by atoms with Crippen LogP contribution in [0.5, 0.6) is 5.75 Å². The lowest BCUT2D eigenvalue weighted by Crippen LogP contribution is -2.44. The Bertz CT molecular complexity index is 1660. The molecule has 3 N–H and O–H groups in total. The van der Waals surface area contributed by atoms with Crippen LogP contribution in [0.25, 0.3) is 11.3 Å². The van der Waals surface area contributed by atoms with Crippen molar-refractivity contribution >= 4 is 23.1 Å². The van der Waals surface area contributed by atoms with E-state index in [0.29, 0.717) is 23.0 Å². The van der Waals surface area contributed by atoms with Gasteiger partial charge in [0.05, 0.1) is 5.69 Å². The third-order valence-electron chi connectivity index (χ3n) is 8.30. The van der Waals surface area contributed by atoms with Gasteiger partial charge in [-0.1, -0.05) is 51.5 Å². The SMILES string of the molecule is Cc1c(NC(=O)c2ccc(C(C)(C)C)cc2)cccc1-c1cn(C)c(=O)c(Nc2ccc(OC(C)C3CCCCN3)cc2)n1. The molecule has 1 aromatic heterocycles. The van der Waals surface area contributed by atoms with Crippen LogP contribution in [0.4, 0.5) is 17.2 Å². The van der Waals surface area contributed by atoms with Gasteiger partial charge in [-0.15, -0.1) is 0 Å². The lowest BCUT2D eigenvalue weighted by atomic mass is 9.86. The van der Waals surface area contributed by atoms with Gasteiger partial charge in [0.2, 0.25) is 0 Å². The second kappa shape index (κ2) is 13.1. The third kappa shape index (κ3) is 7.19. The van der Waals surface area contributed by atoms with Crippen molar-refractivity contribution in [3.8, 4) is 17.0 Å². The number of nitrogens with zero attached hydrogens (tertiary/aromatic N) is 2. The summed E-state index contributed by atoms with van der Waals surface area (Å²) in [5.74, 6) is 0.814. The number of aromatic nitrogens is 2. The summed E-state index contributed by atoms with van der Waals surface area (Å²) in [6.07, 6.45) is 5.33. The number of hydrogen-bond donors (Lipinski definition) is 3. The number of benzene rings is 3. The first kappa shape index (κ1) is 31.0. The van der Waals surface area contributed by atoms with Gasteiger partial charge in [0, 0.05) is 41.8 Å². The van der Waals surface area contributed by atoms with Crippen LogP contribution in [0.1, 0.15) is 68.4 Å². The smallest absolute Gasteiger partial charge is 0.293 e. The van der Waals surface area contributed by atoms with Crippen molar-refractivity contribution in [3.63, 3.8) is 0 Å². The van der Waals surface area contributed by atoms with E-state index in [-0.39, 0.29) is 28.8 Å². The minimum atomic E-state index is -0.244. The highest BCUT2D eigenvalue weighted by molar-refractivity contribution is 6.05. The van der Waals surface area contributed by atoms with E-state index in [9.17, 15) is 9.59 Å². The quantitative estimate of drug-likeness (QED) is 0.204. The molecule has 1 saturated heterocycles. The van der Waals surface area contributed by atoms with Crippen LogP contribution >= 0.6 is 0 Å². The van der Waals surface area contributed by atoms with Gasteiger partial charge in [-0.3, -0.25) is 9.59 Å². The molecule has 0 aliphatic carbocycles. The molecule has 1 aliphatic heterocycles. The second-order valence-corrected chi connectivity index (χ2v) is 12.7. The maximum Gasteiger partial charge on any atom is 0.293 e. The monoisotopic (exact) mass is 593 g/mol. The summed E-state index contributed by atoms with van der Waals surface area (Å²) in [7, 11) is 1.71. The van der Waals surface area contributed by atoms with E-state index in [4.69, 9.17) is 9.72 Å². The molecular formula is C36H43N5O3. The molecule has 1 fully saturated rings. The van der Waals surface area contributed by atoms with Crippen molar-refractivity contribution in [3.05, 3.63) is 100.0 Å². The van der Waals surface area contributed by atoms with Crippen LogP contribution in [-0.2, 0) is 12.5 Å². The highest BCUT2D eigenvalue weighted by Crippen LogP contribution is 2.29. The van der Waals surface area contributed by atoms with E-state index in [1.54, 1.807) is 13.2 Å². The molecule has 2 unspecified atom stereocenters. The molecule has 2 atom stereocenters. The lowest BCUT2D eigenvalue weighted by molar-refractivity contribution is 0.102. The van der Waals surface area contributed by atoms with E-state index >= 15 is 0 Å². The van der Waals surface area contributed by atoms with Crippen LogP contribution in [-0.4, -0.2) is 34.1 Å². The Kier molecular flexibility index (Phi) is 9.20. The van der Waals surface area contributed by atoms with Gasteiger partial charge >= 0.3 is 0 Å². The average molecular weight is 594 g/mol. The van der Waals surface area contributed by atoms with Gasteiger partial charge in [-0.2, -0.15) is 0 Å². The fraction of sp³-hybridized carbons (Fsp3) is 0.361. The largest absolute Gasteiger partial charge is 0.489 e. The zero-order valence-corrected chi connectivity index (χ0v) is 26.5. The third-order valence-corrected chi connectivity index (χ3v) is 8.30. The molecule has 44 heavy (non-hydrogen) atoms. The van der Waals surface area contributed by atoms with Gasteiger partial charge in [-0.05, 0) is 92.2 Å². The summed E-state index contributed by atoms with van der Waals surface area (Å²) >= 11 is 0. The van der Waals surface area contributed by atoms with E-state index in [1.807, 2.05) is 73.7 Å². The number of anilines is 3. The predicted octanol–water partition coefficient (Wildman–Crippen LogP) is 6.96. The zero-order valence-electron chi connectivity index (χ0n) is 26.5. The number of amides is 1. The number of carbonyl (C=O) groups is 1. The summed E-state index contributed by atoms with van der Waals surface area (Å²) < 4.78 is 7.69. The molecule has 8 nitrogen and oxygen atoms in total. The van der Waals surface area contributed by atoms with Crippen LogP contribution in [0.15, 0.2) is 77.7 Å². The van der Waals surface area contributed by atoms with Gasteiger partial charge in [-0.25, -0.2) is 4.98 Å². The first-order valence-electron chi connectivity index (χ1n) is 15.4. The molecule has 1 amide bonds. The predicted molar refractivity (Wildman–Crippen MR) is 178 cm³/mol. The summed E-state index contributed by atoms with van der Waals surface area (Å²) in [4.78, 5) is 30.8. The Hall–Kier alpha value is -4.43. The molecule has 8 heteroatoms. The molecule has 3 aromatic carbocycles. The molecule has 5 rings (SSSR count). The number of ether oxygens (including phenoxy) is 1. The van der Waals surface area contributed by atoms with Crippen molar-refractivity contribution in [1.82, 2.24) is 14.9 Å². The Morgan fingerprint density at radius 3 is 2.43 bits per heavy atom. The standard InChI is InChI=1S/C36H43N5O3/c1-23-29(10-9-12-30(23)40-34(42)25-13-15-26(16-14-25)36(3,4)5)32-22-41(6)35(43)33(39-32)38-27-17-19-28(20-18-27)44-24(2)31-11-7-8-21-37-31/h9-10,12-20,22,24,31,37H,7-8,11,21H2,1-6H3,(H,38,39)(H,40,42). The Labute approximate surface area is 259 Å². The minimum Gasteiger partial charge on any atom is -0.489 e. The van der Waals surface area contributed by atoms with E-state index in [0.717, 1.165) is 35.5 Å². The van der Waals surface area contributed by atoms with Crippen molar-refractivity contribution in [2.24, 2.45) is 7.05 Å².